The first-order valence-corrected chi connectivity index (χ1v) is 12.3. The molecule has 0 N–H and O–H groups in total. The Hall–Kier alpha value is -1.92. The molecule has 4 nitrogen and oxygen atoms in total. The highest BCUT2D eigenvalue weighted by molar-refractivity contribution is 7.98. The van der Waals surface area contributed by atoms with Crippen LogP contribution in [0.2, 0.25) is 0 Å². The van der Waals surface area contributed by atoms with E-state index in [0.29, 0.717) is 0 Å². The highest BCUT2D eigenvalue weighted by Crippen LogP contribution is 2.30. The highest BCUT2D eigenvalue weighted by Gasteiger charge is 2.19. The summed E-state index contributed by atoms with van der Waals surface area (Å²) in [6.07, 6.45) is 9.72. The third-order valence-electron chi connectivity index (χ3n) is 5.47. The molecule has 2 heterocycles. The lowest BCUT2D eigenvalue weighted by Gasteiger charge is -2.21. The van der Waals surface area contributed by atoms with Gasteiger partial charge in [-0.25, -0.2) is 4.98 Å². The van der Waals surface area contributed by atoms with E-state index < -0.39 is 0 Å². The average Bonchev–Trinajstić information content (AvgIpc) is 3.35. The van der Waals surface area contributed by atoms with Crippen molar-refractivity contribution in [2.45, 2.75) is 62.9 Å². The van der Waals surface area contributed by atoms with Crippen LogP contribution in [-0.2, 0) is 18.7 Å². The predicted octanol–water partition coefficient (Wildman–Crippen LogP) is 6.31. The van der Waals surface area contributed by atoms with Gasteiger partial charge in [0.2, 0.25) is 0 Å². The van der Waals surface area contributed by atoms with Crippen LogP contribution in [0.1, 0.15) is 49.2 Å². The molecule has 0 unspecified atom stereocenters. The maximum absolute atomic E-state index is 4.83. The Bertz CT molecular complexity index is 953. The van der Waals surface area contributed by atoms with Crippen molar-refractivity contribution >= 4 is 23.1 Å². The van der Waals surface area contributed by atoms with Gasteiger partial charge in [0.15, 0.2) is 5.16 Å². The first-order valence-electron chi connectivity index (χ1n) is 10.4. The summed E-state index contributed by atoms with van der Waals surface area (Å²) in [5.41, 5.74) is 3.55. The summed E-state index contributed by atoms with van der Waals surface area (Å²) in [5, 5.41) is 13.2. The Kier molecular flexibility index (Phi) is 6.82. The molecule has 3 aromatic rings. The SMILES string of the molecule is C=CCn1c(CC2CCCCC2)nnc1SCc1csc(-c2cccc(C)c2)n1. The van der Waals surface area contributed by atoms with Crippen LogP contribution in [-0.4, -0.2) is 19.7 Å². The molecule has 1 fully saturated rings. The summed E-state index contributed by atoms with van der Waals surface area (Å²) in [6.45, 7) is 6.81. The largest absolute Gasteiger partial charge is 0.302 e. The Morgan fingerprint density at radius 2 is 2.10 bits per heavy atom. The molecule has 29 heavy (non-hydrogen) atoms. The zero-order valence-electron chi connectivity index (χ0n) is 17.0. The van der Waals surface area contributed by atoms with Gasteiger partial charge < -0.3 is 4.57 Å². The van der Waals surface area contributed by atoms with Crippen molar-refractivity contribution in [3.05, 3.63) is 59.4 Å². The molecule has 1 aliphatic rings. The number of hydrogen-bond acceptors (Lipinski definition) is 5. The Morgan fingerprint density at radius 3 is 2.90 bits per heavy atom. The molecule has 1 aliphatic carbocycles. The smallest absolute Gasteiger partial charge is 0.191 e. The van der Waals surface area contributed by atoms with Crippen molar-refractivity contribution in [3.63, 3.8) is 0 Å². The van der Waals surface area contributed by atoms with Gasteiger partial charge in [-0.05, 0) is 18.9 Å². The van der Waals surface area contributed by atoms with Gasteiger partial charge in [-0.1, -0.05) is 73.7 Å². The summed E-state index contributed by atoms with van der Waals surface area (Å²) in [5.74, 6) is 2.67. The van der Waals surface area contributed by atoms with Crippen LogP contribution < -0.4 is 0 Å². The quantitative estimate of drug-likeness (QED) is 0.314. The standard InChI is InChI=1S/C23H28N4S2/c1-3-12-27-21(14-18-9-5-4-6-10-18)25-26-23(27)29-16-20-15-28-22(24-20)19-11-7-8-17(2)13-19/h3,7-8,11,13,15,18H,1,4-6,9-10,12,14,16H2,2H3. The van der Waals surface area contributed by atoms with Crippen molar-refractivity contribution in [3.8, 4) is 10.6 Å². The van der Waals surface area contributed by atoms with Crippen LogP contribution in [0.5, 0.6) is 0 Å². The lowest BCUT2D eigenvalue weighted by atomic mass is 9.87. The number of allylic oxidation sites excluding steroid dienone is 1. The number of hydrogen-bond donors (Lipinski definition) is 0. The zero-order valence-corrected chi connectivity index (χ0v) is 18.6. The lowest BCUT2D eigenvalue weighted by molar-refractivity contribution is 0.347. The first kappa shape index (κ1) is 20.4. The monoisotopic (exact) mass is 424 g/mol. The molecular formula is C23H28N4S2. The minimum atomic E-state index is 0.754. The Balaban J connectivity index is 1.43. The maximum Gasteiger partial charge on any atom is 0.191 e. The van der Waals surface area contributed by atoms with Gasteiger partial charge in [0, 0.05) is 29.7 Å². The average molecular weight is 425 g/mol. The third-order valence-corrected chi connectivity index (χ3v) is 7.41. The van der Waals surface area contributed by atoms with Gasteiger partial charge in [-0.15, -0.1) is 28.1 Å². The number of thiazole rings is 1. The van der Waals surface area contributed by atoms with E-state index in [1.165, 1.54) is 43.2 Å². The summed E-state index contributed by atoms with van der Waals surface area (Å²) >= 11 is 3.43. The first-order chi connectivity index (χ1) is 14.2. The summed E-state index contributed by atoms with van der Waals surface area (Å²) in [7, 11) is 0. The maximum atomic E-state index is 4.83. The van der Waals surface area contributed by atoms with Gasteiger partial charge in [0.25, 0.3) is 0 Å². The van der Waals surface area contributed by atoms with Crippen molar-refractivity contribution in [2.24, 2.45) is 5.92 Å². The van der Waals surface area contributed by atoms with Gasteiger partial charge >= 0.3 is 0 Å². The van der Waals surface area contributed by atoms with Crippen molar-refractivity contribution in [1.82, 2.24) is 19.7 Å². The van der Waals surface area contributed by atoms with Crippen molar-refractivity contribution in [1.29, 1.82) is 0 Å². The van der Waals surface area contributed by atoms with Crippen LogP contribution in [0.4, 0.5) is 0 Å². The second-order valence-electron chi connectivity index (χ2n) is 7.81. The fraction of sp³-hybridized carbons (Fsp3) is 0.435. The molecule has 0 radical (unpaired) electrons. The Labute approximate surface area is 181 Å². The van der Waals surface area contributed by atoms with Crippen molar-refractivity contribution < 1.29 is 0 Å². The summed E-state index contributed by atoms with van der Waals surface area (Å²) in [4.78, 5) is 4.83. The minimum absolute atomic E-state index is 0.754. The van der Waals surface area contributed by atoms with Crippen LogP contribution in [0.15, 0.2) is 47.5 Å². The lowest BCUT2D eigenvalue weighted by Crippen LogP contribution is -2.13. The van der Waals surface area contributed by atoms with E-state index in [-0.39, 0.29) is 0 Å². The molecule has 0 saturated heterocycles. The third kappa shape index (κ3) is 5.17. The van der Waals surface area contributed by atoms with Crippen molar-refractivity contribution in [2.75, 3.05) is 0 Å². The molecule has 0 atom stereocenters. The Morgan fingerprint density at radius 1 is 1.24 bits per heavy atom. The van der Waals surface area contributed by atoms with E-state index in [1.807, 2.05) is 6.08 Å². The van der Waals surface area contributed by atoms with E-state index in [0.717, 1.165) is 46.3 Å². The molecule has 0 aliphatic heterocycles. The van der Waals surface area contributed by atoms with Gasteiger partial charge in [-0.3, -0.25) is 0 Å². The number of nitrogens with zero attached hydrogens (tertiary/aromatic N) is 4. The molecule has 2 aromatic heterocycles. The van der Waals surface area contributed by atoms with E-state index in [2.05, 4.69) is 57.9 Å². The molecule has 0 spiro atoms. The molecule has 0 bridgehead atoms. The fourth-order valence-electron chi connectivity index (χ4n) is 3.96. The predicted molar refractivity (Wildman–Crippen MR) is 122 cm³/mol. The number of aryl methyl sites for hydroxylation is 1. The zero-order chi connectivity index (χ0) is 20.1. The molecule has 1 saturated carbocycles. The minimum Gasteiger partial charge on any atom is -0.302 e. The van der Waals surface area contributed by atoms with E-state index in [9.17, 15) is 0 Å². The fourth-order valence-corrected chi connectivity index (χ4v) is 5.74. The second kappa shape index (κ2) is 9.72. The van der Waals surface area contributed by atoms with Crippen LogP contribution >= 0.6 is 23.1 Å². The molecule has 6 heteroatoms. The second-order valence-corrected chi connectivity index (χ2v) is 9.61. The van der Waals surface area contributed by atoms with E-state index >= 15 is 0 Å². The van der Waals surface area contributed by atoms with Gasteiger partial charge in [0.05, 0.1) is 5.69 Å². The van der Waals surface area contributed by atoms with Crippen LogP contribution in [0.3, 0.4) is 0 Å². The summed E-state index contributed by atoms with van der Waals surface area (Å²) in [6, 6.07) is 8.52. The van der Waals surface area contributed by atoms with E-state index in [1.54, 1.807) is 23.1 Å². The summed E-state index contributed by atoms with van der Waals surface area (Å²) < 4.78 is 2.24. The van der Waals surface area contributed by atoms with Crippen LogP contribution in [0.25, 0.3) is 10.6 Å². The number of rotatable bonds is 8. The number of benzene rings is 1. The molecule has 4 rings (SSSR count). The van der Waals surface area contributed by atoms with Gasteiger partial charge in [0.1, 0.15) is 10.8 Å². The molecule has 152 valence electrons. The van der Waals surface area contributed by atoms with E-state index in [4.69, 9.17) is 4.98 Å². The van der Waals surface area contributed by atoms with Gasteiger partial charge in [-0.2, -0.15) is 0 Å². The molecule has 1 aromatic carbocycles. The number of aromatic nitrogens is 4. The highest BCUT2D eigenvalue weighted by atomic mass is 32.2. The molecular weight excluding hydrogens is 396 g/mol. The topological polar surface area (TPSA) is 43.6 Å². The molecule has 0 amide bonds. The van der Waals surface area contributed by atoms with Crippen LogP contribution in [0, 0.1) is 12.8 Å². The number of thioether (sulfide) groups is 1. The normalized spacial score (nSPS) is 14.9.